The molecule has 1 amide bonds. The second-order valence-electron chi connectivity index (χ2n) is 3.77. The summed E-state index contributed by atoms with van der Waals surface area (Å²) in [5.74, 6) is 0.971. The van der Waals surface area contributed by atoms with Crippen LogP contribution in [0.2, 0.25) is 0 Å². The van der Waals surface area contributed by atoms with E-state index in [2.05, 4.69) is 11.4 Å². The van der Waals surface area contributed by atoms with Gasteiger partial charge in [-0.05, 0) is 31.0 Å². The Kier molecular flexibility index (Phi) is 2.90. The van der Waals surface area contributed by atoms with Crippen LogP contribution in [0.15, 0.2) is 18.2 Å². The van der Waals surface area contributed by atoms with Crippen LogP contribution in [0.25, 0.3) is 0 Å². The van der Waals surface area contributed by atoms with Gasteiger partial charge in [-0.15, -0.1) is 0 Å². The van der Waals surface area contributed by atoms with E-state index in [1.807, 2.05) is 25.1 Å². The zero-order valence-corrected chi connectivity index (χ0v) is 8.75. The first-order chi connectivity index (χ1) is 7.25. The van der Waals surface area contributed by atoms with Crippen molar-refractivity contribution in [3.63, 3.8) is 0 Å². The van der Waals surface area contributed by atoms with Crippen LogP contribution in [0, 0.1) is 13.0 Å². The molecule has 1 radical (unpaired) electrons. The minimum atomic E-state index is 0.125. The summed E-state index contributed by atoms with van der Waals surface area (Å²) in [7, 11) is 0. The van der Waals surface area contributed by atoms with Crippen molar-refractivity contribution in [1.82, 2.24) is 5.32 Å². The van der Waals surface area contributed by atoms with Gasteiger partial charge in [0.15, 0.2) is 0 Å². The predicted molar refractivity (Wildman–Crippen MR) is 56.7 cm³/mol. The lowest BCUT2D eigenvalue weighted by Crippen LogP contribution is -2.30. The highest BCUT2D eigenvalue weighted by molar-refractivity contribution is 5.78. The summed E-state index contributed by atoms with van der Waals surface area (Å²) in [6.45, 7) is 2.51. The van der Waals surface area contributed by atoms with E-state index in [9.17, 15) is 4.79 Å². The number of rotatable bonds is 3. The van der Waals surface area contributed by atoms with Gasteiger partial charge in [0.1, 0.15) is 12.4 Å². The number of benzene rings is 1. The van der Waals surface area contributed by atoms with Gasteiger partial charge in [-0.25, -0.2) is 0 Å². The van der Waals surface area contributed by atoms with Crippen molar-refractivity contribution in [2.75, 3.05) is 6.61 Å². The summed E-state index contributed by atoms with van der Waals surface area (Å²) in [4.78, 5) is 11.0. The van der Waals surface area contributed by atoms with Crippen LogP contribution in [0.5, 0.6) is 5.75 Å². The van der Waals surface area contributed by atoms with Gasteiger partial charge >= 0.3 is 0 Å². The lowest BCUT2D eigenvalue weighted by atomic mass is 10.2. The first kappa shape index (κ1) is 10.0. The molecule has 79 valence electrons. The minimum Gasteiger partial charge on any atom is -0.491 e. The van der Waals surface area contributed by atoms with Gasteiger partial charge < -0.3 is 10.1 Å². The average Bonchev–Trinajstić information content (AvgIpc) is 2.63. The molecule has 0 bridgehead atoms. The molecule has 1 unspecified atom stereocenters. The molecule has 1 atom stereocenters. The molecule has 1 aliphatic rings. The van der Waals surface area contributed by atoms with E-state index in [0.29, 0.717) is 13.0 Å². The van der Waals surface area contributed by atoms with E-state index in [-0.39, 0.29) is 11.9 Å². The molecule has 1 N–H and O–H groups in total. The molecule has 3 nitrogen and oxygen atoms in total. The zero-order chi connectivity index (χ0) is 10.7. The second kappa shape index (κ2) is 4.34. The molecule has 0 aromatic heterocycles. The molecule has 1 aliphatic heterocycles. The monoisotopic (exact) mass is 204 g/mol. The molecular formula is C12H14NO2. The number of hydrogen-bond acceptors (Lipinski definition) is 2. The average molecular weight is 204 g/mol. The molecule has 0 spiro atoms. The van der Waals surface area contributed by atoms with Gasteiger partial charge in [0.05, 0.1) is 6.04 Å². The predicted octanol–water partition coefficient (Wildman–Crippen LogP) is 1.45. The smallest absolute Gasteiger partial charge is 0.220 e. The molecule has 0 aliphatic carbocycles. The summed E-state index contributed by atoms with van der Waals surface area (Å²) in [6, 6.07) is 8.91. The SMILES string of the molecule is Cc1[c]cccc1OCC1CCC(=O)N1. The summed E-state index contributed by atoms with van der Waals surface area (Å²) in [6.07, 6.45) is 1.49. The molecular weight excluding hydrogens is 190 g/mol. The third-order valence-corrected chi connectivity index (χ3v) is 2.54. The fourth-order valence-corrected chi connectivity index (χ4v) is 1.65. The minimum absolute atomic E-state index is 0.125. The maximum atomic E-state index is 11.0. The molecule has 1 fully saturated rings. The Morgan fingerprint density at radius 1 is 1.67 bits per heavy atom. The Balaban J connectivity index is 1.88. The van der Waals surface area contributed by atoms with Gasteiger partial charge in [0.25, 0.3) is 0 Å². The van der Waals surface area contributed by atoms with Crippen LogP contribution < -0.4 is 10.1 Å². The highest BCUT2D eigenvalue weighted by atomic mass is 16.5. The van der Waals surface area contributed by atoms with Crippen molar-refractivity contribution in [2.24, 2.45) is 0 Å². The normalized spacial score (nSPS) is 20.1. The van der Waals surface area contributed by atoms with E-state index in [1.54, 1.807) is 0 Å². The van der Waals surface area contributed by atoms with E-state index >= 15 is 0 Å². The fourth-order valence-electron chi connectivity index (χ4n) is 1.65. The molecule has 15 heavy (non-hydrogen) atoms. The summed E-state index contributed by atoms with van der Waals surface area (Å²) in [5, 5.41) is 2.87. The van der Waals surface area contributed by atoms with Crippen LogP contribution in [0.1, 0.15) is 18.4 Å². The van der Waals surface area contributed by atoms with Crippen LogP contribution in [0.3, 0.4) is 0 Å². The summed E-state index contributed by atoms with van der Waals surface area (Å²) >= 11 is 0. The maximum Gasteiger partial charge on any atom is 0.220 e. The van der Waals surface area contributed by atoms with E-state index in [1.165, 1.54) is 0 Å². The Labute approximate surface area is 89.4 Å². The number of carbonyl (C=O) groups is 1. The Morgan fingerprint density at radius 2 is 2.53 bits per heavy atom. The number of nitrogens with one attached hydrogen (secondary N) is 1. The highest BCUT2D eigenvalue weighted by Gasteiger charge is 2.21. The van der Waals surface area contributed by atoms with Crippen molar-refractivity contribution in [1.29, 1.82) is 0 Å². The number of hydrogen-bond donors (Lipinski definition) is 1. The second-order valence-corrected chi connectivity index (χ2v) is 3.77. The Morgan fingerprint density at radius 3 is 3.20 bits per heavy atom. The Bertz CT molecular complexity index is 362. The van der Waals surface area contributed by atoms with E-state index < -0.39 is 0 Å². The van der Waals surface area contributed by atoms with Crippen LogP contribution >= 0.6 is 0 Å². The van der Waals surface area contributed by atoms with Gasteiger partial charge in [0.2, 0.25) is 5.91 Å². The molecule has 0 saturated carbocycles. The van der Waals surface area contributed by atoms with E-state index in [0.717, 1.165) is 17.7 Å². The third kappa shape index (κ3) is 2.49. The fraction of sp³-hybridized carbons (Fsp3) is 0.417. The molecule has 3 heteroatoms. The number of amides is 1. The van der Waals surface area contributed by atoms with Crippen molar-refractivity contribution < 1.29 is 9.53 Å². The quantitative estimate of drug-likeness (QED) is 0.809. The van der Waals surface area contributed by atoms with Gasteiger partial charge in [-0.1, -0.05) is 12.1 Å². The van der Waals surface area contributed by atoms with Crippen LogP contribution in [-0.4, -0.2) is 18.6 Å². The number of carbonyl (C=O) groups excluding carboxylic acids is 1. The highest BCUT2D eigenvalue weighted by Crippen LogP contribution is 2.17. The van der Waals surface area contributed by atoms with Crippen molar-refractivity contribution in [2.45, 2.75) is 25.8 Å². The molecule has 1 saturated heterocycles. The molecule has 2 rings (SSSR count). The van der Waals surface area contributed by atoms with Gasteiger partial charge in [-0.3, -0.25) is 4.79 Å². The molecule has 1 aromatic carbocycles. The van der Waals surface area contributed by atoms with Crippen molar-refractivity contribution in [3.8, 4) is 5.75 Å². The van der Waals surface area contributed by atoms with E-state index in [4.69, 9.17) is 4.74 Å². The summed E-state index contributed by atoms with van der Waals surface area (Å²) < 4.78 is 5.62. The third-order valence-electron chi connectivity index (χ3n) is 2.54. The van der Waals surface area contributed by atoms with Gasteiger partial charge in [-0.2, -0.15) is 0 Å². The molecule has 1 heterocycles. The summed E-state index contributed by atoms with van der Waals surface area (Å²) in [5.41, 5.74) is 1.00. The lowest BCUT2D eigenvalue weighted by molar-refractivity contribution is -0.119. The van der Waals surface area contributed by atoms with Crippen molar-refractivity contribution >= 4 is 5.91 Å². The largest absolute Gasteiger partial charge is 0.491 e. The van der Waals surface area contributed by atoms with Crippen LogP contribution in [0.4, 0.5) is 0 Å². The number of aryl methyl sites for hydroxylation is 1. The molecule has 1 aromatic rings. The van der Waals surface area contributed by atoms with Crippen LogP contribution in [-0.2, 0) is 4.79 Å². The maximum absolute atomic E-state index is 11.0. The lowest BCUT2D eigenvalue weighted by Gasteiger charge is -2.13. The zero-order valence-electron chi connectivity index (χ0n) is 8.75. The van der Waals surface area contributed by atoms with Gasteiger partial charge in [0, 0.05) is 6.42 Å². The van der Waals surface area contributed by atoms with Crippen molar-refractivity contribution in [3.05, 3.63) is 29.8 Å². The first-order valence-corrected chi connectivity index (χ1v) is 5.15. The Hall–Kier alpha value is -1.51. The topological polar surface area (TPSA) is 38.3 Å². The first-order valence-electron chi connectivity index (χ1n) is 5.15. The number of ether oxygens (including phenoxy) is 1. The standard InChI is InChI=1S/C12H14NO2/c1-9-4-2-3-5-11(9)15-8-10-6-7-12(14)13-10/h2-3,5,10H,6-8H2,1H3,(H,13,14).